The lowest BCUT2D eigenvalue weighted by Crippen LogP contribution is -2.27. The zero-order valence-corrected chi connectivity index (χ0v) is 15.4. The van der Waals surface area contributed by atoms with Gasteiger partial charge in [0.15, 0.2) is 8.99 Å². The first kappa shape index (κ1) is 16.1. The molecule has 0 spiro atoms. The fraction of sp³-hybridized carbons (Fsp3) is 0. The van der Waals surface area contributed by atoms with Crippen LogP contribution in [-0.4, -0.2) is 10.2 Å². The molecule has 112 valence electrons. The zero-order valence-electron chi connectivity index (χ0n) is 10.7. The van der Waals surface area contributed by atoms with Gasteiger partial charge in [-0.25, -0.2) is 0 Å². The highest BCUT2D eigenvalue weighted by Gasteiger charge is 2.33. The highest BCUT2D eigenvalue weighted by atomic mass is 79.9. The second-order valence-electron chi connectivity index (χ2n) is 4.26. The lowest BCUT2D eigenvalue weighted by atomic mass is 10.3. The molecule has 0 bridgehead atoms. The Kier molecular flexibility index (Phi) is 4.66. The number of hydrogen-bond acceptors (Lipinski definition) is 4. The molecule has 3 nitrogen and oxygen atoms in total. The van der Waals surface area contributed by atoms with Gasteiger partial charge in [-0.05, 0) is 46.3 Å². The van der Waals surface area contributed by atoms with Crippen molar-refractivity contribution in [1.82, 2.24) is 0 Å². The number of halogens is 3. The third-order valence-electron chi connectivity index (χ3n) is 2.82. The molecule has 1 aliphatic heterocycles. The van der Waals surface area contributed by atoms with Crippen molar-refractivity contribution in [2.45, 2.75) is 0 Å². The van der Waals surface area contributed by atoms with Crippen molar-refractivity contribution < 1.29 is 9.21 Å². The fourth-order valence-electron chi connectivity index (χ4n) is 1.85. The summed E-state index contributed by atoms with van der Waals surface area (Å²) >= 11 is 21.6. The van der Waals surface area contributed by atoms with Crippen molar-refractivity contribution in [3.63, 3.8) is 0 Å². The van der Waals surface area contributed by atoms with E-state index < -0.39 is 0 Å². The highest BCUT2D eigenvalue weighted by Crippen LogP contribution is 2.38. The average molecular weight is 435 g/mol. The maximum Gasteiger partial charge on any atom is 0.270 e. The predicted octanol–water partition coefficient (Wildman–Crippen LogP) is 5.75. The number of nitrogens with zero attached hydrogens (tertiary/aromatic N) is 1. The molecule has 0 atom stereocenters. The van der Waals surface area contributed by atoms with E-state index in [1.807, 2.05) is 0 Å². The van der Waals surface area contributed by atoms with E-state index in [1.54, 1.807) is 36.4 Å². The Morgan fingerprint density at radius 1 is 1.23 bits per heavy atom. The van der Waals surface area contributed by atoms with E-state index in [-0.39, 0.29) is 5.91 Å². The Morgan fingerprint density at radius 2 is 2.00 bits per heavy atom. The van der Waals surface area contributed by atoms with Gasteiger partial charge in [0, 0.05) is 6.08 Å². The summed E-state index contributed by atoms with van der Waals surface area (Å²) in [6.07, 6.45) is 1.65. The molecule has 1 amide bonds. The van der Waals surface area contributed by atoms with Crippen LogP contribution < -0.4 is 4.90 Å². The zero-order chi connectivity index (χ0) is 15.9. The van der Waals surface area contributed by atoms with E-state index in [2.05, 4.69) is 15.9 Å². The molecule has 0 unspecified atom stereocenters. The summed E-state index contributed by atoms with van der Waals surface area (Å²) in [4.78, 5) is 14.5. The first-order valence-electron chi connectivity index (χ1n) is 5.94. The summed E-state index contributed by atoms with van der Waals surface area (Å²) < 4.78 is 6.41. The number of thioether (sulfide) groups is 1. The van der Waals surface area contributed by atoms with Crippen LogP contribution in [0.4, 0.5) is 5.69 Å². The third-order valence-corrected chi connectivity index (χ3v) is 5.29. The first-order valence-corrected chi connectivity index (χ1v) is 8.71. The summed E-state index contributed by atoms with van der Waals surface area (Å²) in [7, 11) is 0. The average Bonchev–Trinajstić information content (AvgIpc) is 2.98. The molecule has 22 heavy (non-hydrogen) atoms. The number of rotatable bonds is 2. The van der Waals surface area contributed by atoms with Crippen LogP contribution in [-0.2, 0) is 4.79 Å². The van der Waals surface area contributed by atoms with E-state index in [1.165, 1.54) is 16.7 Å². The van der Waals surface area contributed by atoms with Crippen LogP contribution in [0, 0.1) is 0 Å². The molecule has 1 fully saturated rings. The monoisotopic (exact) mass is 433 g/mol. The minimum absolute atomic E-state index is 0.221. The maximum atomic E-state index is 12.5. The number of benzene rings is 1. The molecule has 1 aromatic carbocycles. The Hall–Kier alpha value is -0.790. The summed E-state index contributed by atoms with van der Waals surface area (Å²) in [6, 6.07) is 8.46. The third kappa shape index (κ3) is 3.12. The molecule has 0 saturated carbocycles. The maximum absolute atomic E-state index is 12.5. The summed E-state index contributed by atoms with van der Waals surface area (Å²) in [5.74, 6) is 0.349. The van der Waals surface area contributed by atoms with Crippen LogP contribution in [0.1, 0.15) is 5.76 Å². The van der Waals surface area contributed by atoms with E-state index in [4.69, 9.17) is 39.8 Å². The predicted molar refractivity (Wildman–Crippen MR) is 98.5 cm³/mol. The van der Waals surface area contributed by atoms with Gasteiger partial charge in [-0.3, -0.25) is 9.69 Å². The molecule has 3 rings (SSSR count). The lowest BCUT2D eigenvalue weighted by Gasteiger charge is -2.15. The summed E-state index contributed by atoms with van der Waals surface area (Å²) in [5.41, 5.74) is 0.584. The molecule has 2 aromatic rings. The van der Waals surface area contributed by atoms with E-state index >= 15 is 0 Å². The molecule has 1 aromatic heterocycles. The quantitative estimate of drug-likeness (QED) is 0.444. The highest BCUT2D eigenvalue weighted by molar-refractivity contribution is 9.10. The van der Waals surface area contributed by atoms with Crippen LogP contribution in [0.25, 0.3) is 6.08 Å². The Morgan fingerprint density at radius 3 is 2.64 bits per heavy atom. The minimum atomic E-state index is -0.221. The standard InChI is InChI=1S/C14H6BrCl2NO2S2/c15-12-4-2-8(20-12)6-11-13(19)18(14(21)22-11)7-1-3-9(16)10(17)5-7/h1-6H/b11-6-. The Labute approximate surface area is 154 Å². The fourth-order valence-corrected chi connectivity index (χ4v) is 3.74. The van der Waals surface area contributed by atoms with E-state index in [0.29, 0.717) is 35.4 Å². The lowest BCUT2D eigenvalue weighted by molar-refractivity contribution is -0.113. The summed E-state index contributed by atoms with van der Waals surface area (Å²) in [6.45, 7) is 0. The first-order chi connectivity index (χ1) is 10.5. The molecule has 1 aliphatic rings. The van der Waals surface area contributed by atoms with Crippen LogP contribution >= 0.6 is 63.1 Å². The van der Waals surface area contributed by atoms with Crippen LogP contribution in [0.2, 0.25) is 10.0 Å². The molecular weight excluding hydrogens is 429 g/mol. The SMILES string of the molecule is O=C1/C(=C/c2ccc(Br)o2)SC(=S)N1c1ccc(Cl)c(Cl)c1. The van der Waals surface area contributed by atoms with Gasteiger partial charge in [0.1, 0.15) is 5.76 Å². The number of anilines is 1. The van der Waals surface area contributed by atoms with Crippen LogP contribution in [0.3, 0.4) is 0 Å². The number of amides is 1. The number of carbonyl (C=O) groups excluding carboxylic acids is 1. The Balaban J connectivity index is 1.94. The molecule has 0 aliphatic carbocycles. The van der Waals surface area contributed by atoms with Gasteiger partial charge in [0.05, 0.1) is 20.6 Å². The molecule has 2 heterocycles. The van der Waals surface area contributed by atoms with Gasteiger partial charge in [-0.2, -0.15) is 0 Å². The second-order valence-corrected chi connectivity index (χ2v) is 7.53. The van der Waals surface area contributed by atoms with E-state index in [0.717, 1.165) is 0 Å². The van der Waals surface area contributed by atoms with Gasteiger partial charge < -0.3 is 4.42 Å². The van der Waals surface area contributed by atoms with Crippen molar-refractivity contribution >= 4 is 85.1 Å². The molecule has 0 radical (unpaired) electrons. The topological polar surface area (TPSA) is 33.5 Å². The number of carbonyl (C=O) groups is 1. The Bertz CT molecular complexity index is 819. The molecule has 8 heteroatoms. The molecule has 1 saturated heterocycles. The number of thiocarbonyl (C=S) groups is 1. The minimum Gasteiger partial charge on any atom is -0.450 e. The molecule has 0 N–H and O–H groups in total. The molecular formula is C14H6BrCl2NO2S2. The van der Waals surface area contributed by atoms with Gasteiger partial charge in [-0.15, -0.1) is 0 Å². The van der Waals surface area contributed by atoms with E-state index in [9.17, 15) is 4.79 Å². The van der Waals surface area contributed by atoms with Crippen molar-refractivity contribution in [2.24, 2.45) is 0 Å². The van der Waals surface area contributed by atoms with Gasteiger partial charge in [-0.1, -0.05) is 47.2 Å². The van der Waals surface area contributed by atoms with Crippen molar-refractivity contribution in [3.8, 4) is 0 Å². The normalized spacial score (nSPS) is 16.9. The summed E-state index contributed by atoms with van der Waals surface area (Å²) in [5, 5.41) is 0.791. The van der Waals surface area contributed by atoms with Gasteiger partial charge in [0.2, 0.25) is 0 Å². The second kappa shape index (κ2) is 6.37. The number of furan rings is 1. The number of hydrogen-bond donors (Lipinski definition) is 0. The van der Waals surface area contributed by atoms with Crippen molar-refractivity contribution in [3.05, 3.63) is 55.7 Å². The van der Waals surface area contributed by atoms with Crippen molar-refractivity contribution in [1.29, 1.82) is 0 Å². The van der Waals surface area contributed by atoms with Gasteiger partial charge >= 0.3 is 0 Å². The van der Waals surface area contributed by atoms with Crippen LogP contribution in [0.5, 0.6) is 0 Å². The van der Waals surface area contributed by atoms with Crippen molar-refractivity contribution in [2.75, 3.05) is 4.90 Å². The van der Waals surface area contributed by atoms with Crippen LogP contribution in [0.15, 0.2) is 44.3 Å². The smallest absolute Gasteiger partial charge is 0.270 e. The van der Waals surface area contributed by atoms with Gasteiger partial charge in [0.25, 0.3) is 5.91 Å². The largest absolute Gasteiger partial charge is 0.450 e.